The maximum Gasteiger partial charge on any atom is 0.408 e. The Morgan fingerprint density at radius 2 is 1.20 bits per heavy atom. The number of benzene rings is 2. The van der Waals surface area contributed by atoms with Crippen LogP contribution in [0.1, 0.15) is 161 Å². The van der Waals surface area contributed by atoms with Gasteiger partial charge in [-0.2, -0.15) is 0 Å². The van der Waals surface area contributed by atoms with Crippen LogP contribution < -0.4 is 10.1 Å². The van der Waals surface area contributed by atoms with E-state index in [1.54, 1.807) is 62.4 Å². The van der Waals surface area contributed by atoms with E-state index >= 15 is 0 Å². The molecular weight excluding hydrogens is 835 g/mol. The maximum atomic E-state index is 13.6. The van der Waals surface area contributed by atoms with Crippen LogP contribution in [0.2, 0.25) is 0 Å². The number of carboxylic acid groups (broad SMARTS) is 1. The predicted molar refractivity (Wildman–Crippen MR) is 247 cm³/mol. The van der Waals surface area contributed by atoms with Crippen LogP contribution in [0.25, 0.3) is 0 Å². The second kappa shape index (κ2) is 32.5. The van der Waals surface area contributed by atoms with Gasteiger partial charge < -0.3 is 38.8 Å². The number of carboxylic acids is 1. The molecule has 364 valence electrons. The second-order valence-electron chi connectivity index (χ2n) is 17.7. The smallest absolute Gasteiger partial charge is 0.408 e. The summed E-state index contributed by atoms with van der Waals surface area (Å²) in [5, 5.41) is 12.7. The van der Waals surface area contributed by atoms with Crippen LogP contribution in [0.4, 0.5) is 4.79 Å². The van der Waals surface area contributed by atoms with Gasteiger partial charge in [0.05, 0.1) is 19.1 Å². The summed E-state index contributed by atoms with van der Waals surface area (Å²) >= 11 is 0. The first-order valence-electron chi connectivity index (χ1n) is 23.7. The van der Waals surface area contributed by atoms with Crippen LogP contribution in [-0.4, -0.2) is 73.5 Å². The monoisotopic (exact) mass is 912 g/mol. The van der Waals surface area contributed by atoms with E-state index in [-0.39, 0.29) is 32.7 Å². The molecule has 0 saturated carbocycles. The number of unbranched alkanes of at least 4 members (excludes halogenated alkanes) is 14. The lowest BCUT2D eigenvalue weighted by atomic mass is 9.94. The number of carbonyl (C=O) groups is 6. The Hall–Kier alpha value is -5.14. The van der Waals surface area contributed by atoms with Crippen molar-refractivity contribution in [2.75, 3.05) is 20.3 Å². The number of carbonyl (C=O) groups excluding carboxylic acids is 5. The Balaban J connectivity index is 1.96. The van der Waals surface area contributed by atoms with Crippen LogP contribution in [0, 0.1) is 17.3 Å². The molecule has 0 heterocycles. The predicted octanol–water partition coefficient (Wildman–Crippen LogP) is 10.5. The molecule has 2 aromatic rings. The molecule has 0 saturated heterocycles. The molecule has 0 aliphatic carbocycles. The van der Waals surface area contributed by atoms with Gasteiger partial charge in [0.15, 0.2) is 5.92 Å². The van der Waals surface area contributed by atoms with E-state index in [0.717, 1.165) is 24.8 Å². The zero-order valence-electron chi connectivity index (χ0n) is 39.9. The highest BCUT2D eigenvalue weighted by Crippen LogP contribution is 2.23. The summed E-state index contributed by atoms with van der Waals surface area (Å²) in [5.41, 5.74) is 0.0950. The van der Waals surface area contributed by atoms with Crippen LogP contribution in [-0.2, 0) is 60.9 Å². The van der Waals surface area contributed by atoms with Crippen molar-refractivity contribution in [3.63, 3.8) is 0 Å². The van der Waals surface area contributed by atoms with Gasteiger partial charge in [-0.15, -0.1) is 0 Å². The third kappa shape index (κ3) is 24.7. The highest BCUT2D eigenvalue weighted by molar-refractivity contribution is 5.94. The first kappa shape index (κ1) is 56.0. The third-order valence-corrected chi connectivity index (χ3v) is 11.1. The van der Waals surface area contributed by atoms with Crippen molar-refractivity contribution >= 4 is 35.9 Å². The summed E-state index contributed by atoms with van der Waals surface area (Å²) in [4.78, 5) is 77.8. The SMILES string of the molecule is CCCCCCCCCCCCCCCCCC(=O)OCCC(CC(C(=O)O)C(=O)OCC(C)(C)C(=O)OCc1ccc(OC)cc1)OC(=O)[C@@H](NC(=O)OCc1ccccc1)C(C)C. The van der Waals surface area contributed by atoms with Gasteiger partial charge in [0, 0.05) is 19.3 Å². The second-order valence-corrected chi connectivity index (χ2v) is 17.7. The zero-order chi connectivity index (χ0) is 47.9. The van der Waals surface area contributed by atoms with Gasteiger partial charge in [0.1, 0.15) is 37.7 Å². The fourth-order valence-corrected chi connectivity index (χ4v) is 6.91. The van der Waals surface area contributed by atoms with Crippen LogP contribution in [0.15, 0.2) is 54.6 Å². The van der Waals surface area contributed by atoms with Gasteiger partial charge in [-0.05, 0) is 49.4 Å². The van der Waals surface area contributed by atoms with Crippen molar-refractivity contribution in [3.05, 3.63) is 65.7 Å². The fourth-order valence-electron chi connectivity index (χ4n) is 6.91. The summed E-state index contributed by atoms with van der Waals surface area (Å²) in [7, 11) is 1.54. The van der Waals surface area contributed by atoms with Crippen molar-refractivity contribution in [2.45, 2.75) is 176 Å². The Kier molecular flexibility index (Phi) is 28.0. The fraction of sp³-hybridized carbons (Fsp3) is 0.647. The highest BCUT2D eigenvalue weighted by atomic mass is 16.6. The molecule has 1 amide bonds. The molecule has 2 rings (SSSR count). The van der Waals surface area contributed by atoms with Gasteiger partial charge in [0.2, 0.25) is 0 Å². The summed E-state index contributed by atoms with van der Waals surface area (Å²) in [6.45, 7) is 7.78. The molecule has 3 atom stereocenters. The first-order chi connectivity index (χ1) is 31.2. The van der Waals surface area contributed by atoms with E-state index in [1.165, 1.54) is 91.6 Å². The Morgan fingerprint density at radius 1 is 0.662 bits per heavy atom. The van der Waals surface area contributed by atoms with Crippen molar-refractivity contribution in [1.29, 1.82) is 0 Å². The lowest BCUT2D eigenvalue weighted by Crippen LogP contribution is -2.47. The van der Waals surface area contributed by atoms with Crippen LogP contribution in [0.5, 0.6) is 5.75 Å². The number of amides is 1. The number of hydrogen-bond donors (Lipinski definition) is 2. The van der Waals surface area contributed by atoms with Crippen molar-refractivity contribution in [3.8, 4) is 5.75 Å². The van der Waals surface area contributed by atoms with Crippen molar-refractivity contribution in [2.24, 2.45) is 17.3 Å². The van der Waals surface area contributed by atoms with E-state index in [1.807, 2.05) is 6.07 Å². The number of ether oxygens (including phenoxy) is 6. The Labute approximate surface area is 387 Å². The topological polar surface area (TPSA) is 190 Å². The quantitative estimate of drug-likeness (QED) is 0.0288. The number of nitrogens with one attached hydrogen (secondary N) is 1. The molecule has 0 aromatic heterocycles. The van der Waals surface area contributed by atoms with Gasteiger partial charge in [-0.3, -0.25) is 19.2 Å². The first-order valence-corrected chi connectivity index (χ1v) is 23.7. The normalized spacial score (nSPS) is 12.7. The molecule has 0 fully saturated rings. The molecule has 14 nitrogen and oxygen atoms in total. The highest BCUT2D eigenvalue weighted by Gasteiger charge is 2.38. The molecule has 2 aromatic carbocycles. The molecule has 0 aliphatic rings. The van der Waals surface area contributed by atoms with Gasteiger partial charge in [-0.25, -0.2) is 9.59 Å². The number of rotatable bonds is 35. The van der Waals surface area contributed by atoms with E-state index in [4.69, 9.17) is 28.4 Å². The summed E-state index contributed by atoms with van der Waals surface area (Å²) in [6, 6.07) is 14.7. The molecule has 0 spiro atoms. The largest absolute Gasteiger partial charge is 0.497 e. The minimum Gasteiger partial charge on any atom is -0.497 e. The lowest BCUT2D eigenvalue weighted by molar-refractivity contribution is -0.171. The van der Waals surface area contributed by atoms with Crippen molar-refractivity contribution in [1.82, 2.24) is 5.32 Å². The van der Waals surface area contributed by atoms with E-state index in [2.05, 4.69) is 12.2 Å². The zero-order valence-corrected chi connectivity index (χ0v) is 39.9. The minimum absolute atomic E-state index is 0.0421. The van der Waals surface area contributed by atoms with E-state index in [0.29, 0.717) is 17.7 Å². The number of esters is 4. The summed E-state index contributed by atoms with van der Waals surface area (Å²) in [5.74, 6) is -6.40. The Bertz CT molecular complexity index is 1680. The third-order valence-electron chi connectivity index (χ3n) is 11.1. The summed E-state index contributed by atoms with van der Waals surface area (Å²) in [6.07, 6.45) is 15.4. The average molecular weight is 912 g/mol. The van der Waals surface area contributed by atoms with Crippen molar-refractivity contribution < 1.29 is 62.3 Å². The van der Waals surface area contributed by atoms with Crippen LogP contribution >= 0.6 is 0 Å². The van der Waals surface area contributed by atoms with Gasteiger partial charge >= 0.3 is 35.9 Å². The lowest BCUT2D eigenvalue weighted by Gasteiger charge is -2.26. The minimum atomic E-state index is -1.82. The number of hydrogen-bond acceptors (Lipinski definition) is 12. The standard InChI is InChI=1S/C51H77NO13/c1-7-8-9-10-11-12-13-14-15-16-17-18-19-20-24-27-44(53)61-33-32-42(65-48(57)45(38(2)3)52-50(59)63-36-39-25-22-21-23-26-39)34-43(46(54)55)47(56)64-37-51(4,5)49(58)62-35-40-28-30-41(60-6)31-29-40/h21-23,25-26,28-31,38,42-43,45H,7-20,24,27,32-37H2,1-6H3,(H,52,59)(H,54,55)/t42?,43?,45-/m0/s1. The number of alkyl carbamates (subject to hydrolysis) is 1. The molecule has 14 heteroatoms. The molecule has 2 N–H and O–H groups in total. The molecule has 0 bridgehead atoms. The molecule has 0 radical (unpaired) electrons. The van der Waals surface area contributed by atoms with E-state index < -0.39 is 78.4 Å². The number of aliphatic carboxylic acids is 1. The average Bonchev–Trinajstić information content (AvgIpc) is 3.29. The van der Waals surface area contributed by atoms with Gasteiger partial charge in [-0.1, -0.05) is 153 Å². The molecule has 2 unspecified atom stereocenters. The Morgan fingerprint density at radius 3 is 1.74 bits per heavy atom. The van der Waals surface area contributed by atoms with Crippen LogP contribution in [0.3, 0.4) is 0 Å². The summed E-state index contributed by atoms with van der Waals surface area (Å²) < 4.78 is 32.5. The number of methoxy groups -OCH3 is 1. The molecule has 0 aliphatic heterocycles. The molecular formula is C51H77NO13. The van der Waals surface area contributed by atoms with Gasteiger partial charge in [0.25, 0.3) is 0 Å². The maximum absolute atomic E-state index is 13.6. The van der Waals surface area contributed by atoms with E-state index in [9.17, 15) is 33.9 Å². The molecule has 65 heavy (non-hydrogen) atoms.